The van der Waals surface area contributed by atoms with E-state index >= 15 is 0 Å². The van der Waals surface area contributed by atoms with Crippen molar-refractivity contribution in [2.45, 2.75) is 33.6 Å². The molecule has 1 aromatic heterocycles. The van der Waals surface area contributed by atoms with Gasteiger partial charge in [0.1, 0.15) is 12.4 Å². The number of ether oxygens (including phenoxy) is 1. The summed E-state index contributed by atoms with van der Waals surface area (Å²) in [4.78, 5) is 20.0. The molecule has 0 saturated heterocycles. The number of carbonyl (C=O) groups excluding carboxylic acids is 1. The van der Waals surface area contributed by atoms with Gasteiger partial charge in [0, 0.05) is 20.1 Å². The number of hydrogen-bond acceptors (Lipinski definition) is 3. The van der Waals surface area contributed by atoms with E-state index in [4.69, 9.17) is 9.72 Å². The van der Waals surface area contributed by atoms with Gasteiger partial charge in [0.25, 0.3) is 0 Å². The van der Waals surface area contributed by atoms with Crippen LogP contribution in [0.25, 0.3) is 11.0 Å². The minimum atomic E-state index is -0.0459. The van der Waals surface area contributed by atoms with E-state index in [1.807, 2.05) is 12.1 Å². The first kappa shape index (κ1) is 19.6. The summed E-state index contributed by atoms with van der Waals surface area (Å²) in [6, 6.07) is 8.18. The Balaban J connectivity index is 1.71. The van der Waals surface area contributed by atoms with E-state index in [1.54, 1.807) is 7.11 Å². The Hall–Kier alpha value is -2.14. The van der Waals surface area contributed by atoms with Crippen molar-refractivity contribution in [3.63, 3.8) is 0 Å². The van der Waals surface area contributed by atoms with Gasteiger partial charge >= 0.3 is 0 Å². The fourth-order valence-electron chi connectivity index (χ4n) is 4.26. The molecule has 1 aliphatic carbocycles. The number of rotatable bonds is 7. The zero-order chi connectivity index (χ0) is 19.4. The fourth-order valence-corrected chi connectivity index (χ4v) is 4.26. The molecular formula is C22H31N3O2. The maximum atomic E-state index is 11.8. The molecule has 0 radical (unpaired) electrons. The normalized spacial score (nSPS) is 22.9. The minimum Gasteiger partial charge on any atom is -0.375 e. The molecule has 1 aromatic carbocycles. The number of aromatic amines is 1. The molecule has 0 saturated carbocycles. The van der Waals surface area contributed by atoms with Crippen LogP contribution in [0.2, 0.25) is 0 Å². The minimum absolute atomic E-state index is 0.0459. The molecule has 1 aliphatic rings. The number of aromatic nitrogens is 2. The lowest BCUT2D eigenvalue weighted by Crippen LogP contribution is -2.38. The predicted octanol–water partition coefficient (Wildman–Crippen LogP) is 3.72. The van der Waals surface area contributed by atoms with Gasteiger partial charge in [0.2, 0.25) is 5.91 Å². The molecule has 0 bridgehead atoms. The molecule has 0 aliphatic heterocycles. The predicted molar refractivity (Wildman–Crippen MR) is 108 cm³/mol. The van der Waals surface area contributed by atoms with Crippen LogP contribution < -0.4 is 5.32 Å². The number of allylic oxidation sites excluding steroid dienone is 1. The van der Waals surface area contributed by atoms with Gasteiger partial charge < -0.3 is 15.0 Å². The van der Waals surface area contributed by atoms with Crippen LogP contribution in [0.1, 0.15) is 33.0 Å². The number of para-hydroxylation sites is 2. The highest BCUT2D eigenvalue weighted by Gasteiger charge is 2.32. The second-order valence-electron chi connectivity index (χ2n) is 8.06. The third-order valence-electron chi connectivity index (χ3n) is 5.77. The van der Waals surface area contributed by atoms with Gasteiger partial charge in [-0.3, -0.25) is 4.79 Å². The first-order chi connectivity index (χ1) is 13.0. The Bertz CT molecular complexity index is 776. The first-order valence-corrected chi connectivity index (χ1v) is 9.85. The van der Waals surface area contributed by atoms with Crippen LogP contribution in [0.3, 0.4) is 0 Å². The van der Waals surface area contributed by atoms with Crippen LogP contribution in [0.15, 0.2) is 35.9 Å². The third-order valence-corrected chi connectivity index (χ3v) is 5.77. The zero-order valence-corrected chi connectivity index (χ0v) is 16.8. The number of hydrogen-bond donors (Lipinski definition) is 2. The number of carbonyl (C=O) groups is 1. The number of H-pyrrole nitrogens is 1. The van der Waals surface area contributed by atoms with Crippen LogP contribution >= 0.6 is 0 Å². The molecule has 3 atom stereocenters. The number of benzene rings is 1. The van der Waals surface area contributed by atoms with Crippen molar-refractivity contribution in [2.75, 3.05) is 20.3 Å². The molecule has 27 heavy (non-hydrogen) atoms. The number of methoxy groups -OCH3 is 1. The Morgan fingerprint density at radius 3 is 2.85 bits per heavy atom. The van der Waals surface area contributed by atoms with Crippen molar-refractivity contribution in [1.82, 2.24) is 15.3 Å². The van der Waals surface area contributed by atoms with Crippen LogP contribution in [-0.4, -0.2) is 36.1 Å². The van der Waals surface area contributed by atoms with Crippen LogP contribution in [0.4, 0.5) is 0 Å². The van der Waals surface area contributed by atoms with Gasteiger partial charge in [-0.2, -0.15) is 0 Å². The van der Waals surface area contributed by atoms with Gasteiger partial charge in [-0.1, -0.05) is 37.6 Å². The lowest BCUT2D eigenvalue weighted by atomic mass is 9.70. The summed E-state index contributed by atoms with van der Waals surface area (Å²) in [6.45, 7) is 7.58. The third kappa shape index (κ3) is 4.78. The quantitative estimate of drug-likeness (QED) is 0.731. The number of amides is 1. The Kier molecular flexibility index (Phi) is 6.32. The molecule has 0 spiro atoms. The largest absolute Gasteiger partial charge is 0.375 e. The summed E-state index contributed by atoms with van der Waals surface area (Å²) in [5.41, 5.74) is 3.53. The summed E-state index contributed by atoms with van der Waals surface area (Å²) in [5, 5.41) is 3.01. The van der Waals surface area contributed by atoms with Crippen molar-refractivity contribution in [3.05, 3.63) is 41.7 Å². The van der Waals surface area contributed by atoms with Gasteiger partial charge in [0.15, 0.2) is 0 Å². The topological polar surface area (TPSA) is 67.0 Å². The monoisotopic (exact) mass is 369 g/mol. The molecule has 1 amide bonds. The van der Waals surface area contributed by atoms with Crippen molar-refractivity contribution >= 4 is 16.9 Å². The molecule has 3 unspecified atom stereocenters. The Morgan fingerprint density at radius 2 is 2.15 bits per heavy atom. The van der Waals surface area contributed by atoms with Crippen molar-refractivity contribution in [3.8, 4) is 0 Å². The summed E-state index contributed by atoms with van der Waals surface area (Å²) < 4.78 is 4.91. The summed E-state index contributed by atoms with van der Waals surface area (Å²) in [7, 11) is 1.55. The van der Waals surface area contributed by atoms with Crippen LogP contribution in [0, 0.1) is 23.7 Å². The molecule has 5 heteroatoms. The Morgan fingerprint density at radius 1 is 1.37 bits per heavy atom. The smallest absolute Gasteiger partial charge is 0.246 e. The molecule has 2 N–H and O–H groups in total. The van der Waals surface area contributed by atoms with E-state index in [0.29, 0.717) is 30.2 Å². The highest BCUT2D eigenvalue weighted by Crippen LogP contribution is 2.38. The van der Waals surface area contributed by atoms with Crippen molar-refractivity contribution in [1.29, 1.82) is 0 Å². The summed E-state index contributed by atoms with van der Waals surface area (Å²) in [5.74, 6) is 2.99. The van der Waals surface area contributed by atoms with Gasteiger partial charge in [-0.25, -0.2) is 4.98 Å². The molecule has 146 valence electrons. The first-order valence-electron chi connectivity index (χ1n) is 9.85. The number of imidazole rings is 1. The van der Waals surface area contributed by atoms with Crippen LogP contribution in [-0.2, 0) is 16.0 Å². The standard InChI is InChI=1S/C22H31N3O2/c1-14(2)18-10-16(11-21-24-19-7-5-6-8-20(19)25-21)15(3)9-17(18)12-23-22(26)13-27-4/h5-9,14,16-18H,10-13H2,1-4H3,(H,23,26)(H,24,25). The van der Waals surface area contributed by atoms with Gasteiger partial charge in [-0.05, 0) is 49.1 Å². The van der Waals surface area contributed by atoms with E-state index in [1.165, 1.54) is 5.57 Å². The maximum absolute atomic E-state index is 11.8. The highest BCUT2D eigenvalue weighted by molar-refractivity contribution is 5.77. The van der Waals surface area contributed by atoms with E-state index < -0.39 is 0 Å². The number of nitrogens with zero attached hydrogens (tertiary/aromatic N) is 1. The van der Waals surface area contributed by atoms with E-state index in [2.05, 4.69) is 49.3 Å². The fraction of sp³-hybridized carbons (Fsp3) is 0.545. The maximum Gasteiger partial charge on any atom is 0.246 e. The lowest BCUT2D eigenvalue weighted by Gasteiger charge is -2.37. The molecule has 5 nitrogen and oxygen atoms in total. The van der Waals surface area contributed by atoms with Crippen molar-refractivity contribution < 1.29 is 9.53 Å². The Labute approximate surface area is 161 Å². The van der Waals surface area contributed by atoms with E-state index in [9.17, 15) is 4.79 Å². The van der Waals surface area contributed by atoms with Gasteiger partial charge in [-0.15, -0.1) is 0 Å². The molecule has 0 fully saturated rings. The van der Waals surface area contributed by atoms with Gasteiger partial charge in [0.05, 0.1) is 11.0 Å². The average molecular weight is 370 g/mol. The molecular weight excluding hydrogens is 338 g/mol. The summed E-state index contributed by atoms with van der Waals surface area (Å²) >= 11 is 0. The molecule has 3 rings (SSSR count). The second kappa shape index (κ2) is 8.70. The SMILES string of the molecule is COCC(=O)NCC1C=C(C)C(Cc2nc3ccccc3[nH]2)CC1C(C)C. The van der Waals surface area contributed by atoms with E-state index in [0.717, 1.165) is 29.7 Å². The lowest BCUT2D eigenvalue weighted by molar-refractivity contribution is -0.124. The van der Waals surface area contributed by atoms with Crippen molar-refractivity contribution in [2.24, 2.45) is 23.7 Å². The van der Waals surface area contributed by atoms with Crippen LogP contribution in [0.5, 0.6) is 0 Å². The zero-order valence-electron chi connectivity index (χ0n) is 16.8. The second-order valence-corrected chi connectivity index (χ2v) is 8.06. The number of fused-ring (bicyclic) bond motifs is 1. The molecule has 1 heterocycles. The number of nitrogens with one attached hydrogen (secondary N) is 2. The van der Waals surface area contributed by atoms with E-state index in [-0.39, 0.29) is 12.5 Å². The highest BCUT2D eigenvalue weighted by atomic mass is 16.5. The summed E-state index contributed by atoms with van der Waals surface area (Å²) in [6.07, 6.45) is 4.43. The average Bonchev–Trinajstić information content (AvgIpc) is 3.04. The molecule has 2 aromatic rings.